The molecule has 3 heterocycles. The molecular weight excluding hydrogens is 590 g/mol. The lowest BCUT2D eigenvalue weighted by Gasteiger charge is -2.26. The molecule has 8 nitrogen and oxygen atoms in total. The zero-order valence-electron chi connectivity index (χ0n) is 22.9. The number of hydrogen-bond donors (Lipinski definition) is 0. The predicted octanol–water partition coefficient (Wildman–Crippen LogP) is 7.00. The molecule has 3 aromatic carbocycles. The van der Waals surface area contributed by atoms with Crippen LogP contribution in [0.5, 0.6) is 23.0 Å². The summed E-state index contributed by atoms with van der Waals surface area (Å²) in [6, 6.07) is 15.6. The highest BCUT2D eigenvalue weighted by Crippen LogP contribution is 2.42. The van der Waals surface area contributed by atoms with Gasteiger partial charge < -0.3 is 28.3 Å². The molecule has 0 saturated heterocycles. The van der Waals surface area contributed by atoms with E-state index in [1.807, 2.05) is 36.4 Å². The Labute approximate surface area is 245 Å². The Kier molecular flexibility index (Phi) is 7.62. The van der Waals surface area contributed by atoms with Gasteiger partial charge >= 0.3 is 0 Å². The van der Waals surface area contributed by atoms with Gasteiger partial charge in [-0.25, -0.2) is 0 Å². The molecule has 0 fully saturated rings. The molecule has 1 aromatic heterocycles. The molecule has 41 heavy (non-hydrogen) atoms. The van der Waals surface area contributed by atoms with Crippen molar-refractivity contribution in [3.8, 4) is 23.0 Å². The molecular formula is C32H30BrNO7. The maximum Gasteiger partial charge on any atom is 0.291 e. The number of rotatable bonds is 10. The highest BCUT2D eigenvalue weighted by atomic mass is 79.9. The van der Waals surface area contributed by atoms with Crippen LogP contribution in [0.15, 0.2) is 68.3 Å². The maximum atomic E-state index is 14.0. The zero-order valence-corrected chi connectivity index (χ0v) is 24.5. The highest BCUT2D eigenvalue weighted by Gasteiger charge is 2.43. The fourth-order valence-corrected chi connectivity index (χ4v) is 5.78. The summed E-state index contributed by atoms with van der Waals surface area (Å²) in [7, 11) is 1.58. The first-order valence-corrected chi connectivity index (χ1v) is 14.5. The molecule has 0 aliphatic carbocycles. The van der Waals surface area contributed by atoms with E-state index in [0.29, 0.717) is 46.1 Å². The van der Waals surface area contributed by atoms with Crippen LogP contribution in [0, 0.1) is 0 Å². The van der Waals surface area contributed by atoms with Gasteiger partial charge in [0, 0.05) is 11.0 Å². The molecule has 4 aromatic rings. The Morgan fingerprint density at radius 3 is 2.63 bits per heavy atom. The first-order valence-electron chi connectivity index (χ1n) is 13.7. The van der Waals surface area contributed by atoms with E-state index >= 15 is 0 Å². The Morgan fingerprint density at radius 2 is 1.80 bits per heavy atom. The lowest BCUT2D eigenvalue weighted by atomic mass is 9.97. The molecule has 0 bridgehead atoms. The molecule has 0 N–H and O–H groups in total. The molecule has 0 saturated carbocycles. The fraction of sp³-hybridized carbons (Fsp3) is 0.312. The van der Waals surface area contributed by atoms with Crippen LogP contribution in [0.25, 0.3) is 11.0 Å². The first-order chi connectivity index (χ1) is 20.0. The van der Waals surface area contributed by atoms with Gasteiger partial charge in [0.2, 0.25) is 12.6 Å². The Morgan fingerprint density at radius 1 is 0.951 bits per heavy atom. The Balaban J connectivity index is 1.42. The van der Waals surface area contributed by atoms with E-state index in [1.54, 1.807) is 30.2 Å². The quantitative estimate of drug-likeness (QED) is 0.177. The van der Waals surface area contributed by atoms with E-state index in [2.05, 4.69) is 22.9 Å². The van der Waals surface area contributed by atoms with Crippen LogP contribution in [-0.4, -0.2) is 31.3 Å². The molecule has 2 aliphatic heterocycles. The number of amides is 1. The van der Waals surface area contributed by atoms with Crippen LogP contribution in [0.2, 0.25) is 0 Å². The van der Waals surface area contributed by atoms with Crippen LogP contribution in [0.1, 0.15) is 65.9 Å². The van der Waals surface area contributed by atoms with Crippen LogP contribution >= 0.6 is 15.9 Å². The first kappa shape index (κ1) is 27.2. The number of benzene rings is 3. The fourth-order valence-electron chi connectivity index (χ4n) is 5.42. The summed E-state index contributed by atoms with van der Waals surface area (Å²) in [6.07, 6.45) is 4.38. The monoisotopic (exact) mass is 619 g/mol. The summed E-state index contributed by atoms with van der Waals surface area (Å²) in [4.78, 5) is 29.5. The number of nitrogens with zero attached hydrogens (tertiary/aromatic N) is 1. The maximum absolute atomic E-state index is 14.0. The number of carbonyl (C=O) groups excluding carboxylic acids is 1. The summed E-state index contributed by atoms with van der Waals surface area (Å²) in [5.74, 6) is 2.12. The van der Waals surface area contributed by atoms with Gasteiger partial charge in [-0.05, 0) is 60.0 Å². The minimum absolute atomic E-state index is 0.0470. The largest absolute Gasteiger partial charge is 0.493 e. The molecule has 9 heteroatoms. The molecule has 1 unspecified atom stereocenters. The molecule has 2 aliphatic rings. The van der Waals surface area contributed by atoms with Crippen LogP contribution in [0.4, 0.5) is 0 Å². The lowest BCUT2D eigenvalue weighted by Crippen LogP contribution is -2.29. The smallest absolute Gasteiger partial charge is 0.291 e. The van der Waals surface area contributed by atoms with Gasteiger partial charge in [-0.2, -0.15) is 0 Å². The van der Waals surface area contributed by atoms with E-state index in [1.165, 1.54) is 6.42 Å². The number of carbonyl (C=O) groups is 1. The minimum Gasteiger partial charge on any atom is -0.493 e. The molecule has 0 spiro atoms. The van der Waals surface area contributed by atoms with Gasteiger partial charge in [0.1, 0.15) is 5.58 Å². The van der Waals surface area contributed by atoms with E-state index < -0.39 is 6.04 Å². The number of fused-ring (bicyclic) bond motifs is 3. The summed E-state index contributed by atoms with van der Waals surface area (Å²) in [5, 5.41) is 0.403. The topological polar surface area (TPSA) is 87.4 Å². The number of methoxy groups -OCH3 is 1. The van der Waals surface area contributed by atoms with Gasteiger partial charge in [-0.15, -0.1) is 0 Å². The van der Waals surface area contributed by atoms with Crippen molar-refractivity contribution >= 4 is 32.8 Å². The molecule has 0 radical (unpaired) electrons. The Hall–Kier alpha value is -3.98. The van der Waals surface area contributed by atoms with E-state index in [4.69, 9.17) is 23.4 Å². The summed E-state index contributed by atoms with van der Waals surface area (Å²) >= 11 is 3.45. The molecule has 1 amide bonds. The second-order valence-corrected chi connectivity index (χ2v) is 11.1. The second-order valence-electron chi connectivity index (χ2n) is 10.2. The highest BCUT2D eigenvalue weighted by molar-refractivity contribution is 9.10. The third kappa shape index (κ3) is 5.14. The number of ether oxygens (including phenoxy) is 4. The van der Waals surface area contributed by atoms with Crippen molar-refractivity contribution in [2.24, 2.45) is 0 Å². The Bertz CT molecular complexity index is 1680. The van der Waals surface area contributed by atoms with Crippen LogP contribution in [0.3, 0.4) is 0 Å². The molecule has 6 rings (SSSR count). The molecule has 212 valence electrons. The SMILES string of the molecule is CCCCCCOc1ccc(C2c3c(oc4ccc(Br)cc4c3=O)C(=O)N2Cc2ccc3c(c2)OCO3)cc1OC. The van der Waals surface area contributed by atoms with Gasteiger partial charge in [0.15, 0.2) is 28.4 Å². The van der Waals surface area contributed by atoms with Gasteiger partial charge in [0.05, 0.1) is 30.7 Å². The third-order valence-corrected chi connectivity index (χ3v) is 7.97. The van der Waals surface area contributed by atoms with Crippen molar-refractivity contribution in [3.63, 3.8) is 0 Å². The van der Waals surface area contributed by atoms with Gasteiger partial charge in [-0.1, -0.05) is 54.2 Å². The average molecular weight is 620 g/mol. The lowest BCUT2D eigenvalue weighted by molar-refractivity contribution is 0.0714. The van der Waals surface area contributed by atoms with E-state index in [0.717, 1.165) is 34.9 Å². The zero-order chi connectivity index (χ0) is 28.5. The molecule has 1 atom stereocenters. The summed E-state index contributed by atoms with van der Waals surface area (Å²) < 4.78 is 29.6. The van der Waals surface area contributed by atoms with E-state index in [-0.39, 0.29) is 30.4 Å². The van der Waals surface area contributed by atoms with Crippen molar-refractivity contribution in [3.05, 3.63) is 91.7 Å². The predicted molar refractivity (Wildman–Crippen MR) is 157 cm³/mol. The van der Waals surface area contributed by atoms with Crippen molar-refractivity contribution in [2.75, 3.05) is 20.5 Å². The third-order valence-electron chi connectivity index (χ3n) is 7.48. The minimum atomic E-state index is -0.699. The summed E-state index contributed by atoms with van der Waals surface area (Å²) in [6.45, 7) is 3.14. The van der Waals surface area contributed by atoms with Crippen molar-refractivity contribution in [1.82, 2.24) is 4.90 Å². The van der Waals surface area contributed by atoms with Crippen molar-refractivity contribution in [2.45, 2.75) is 45.2 Å². The van der Waals surface area contributed by atoms with Gasteiger partial charge in [0.25, 0.3) is 5.91 Å². The van der Waals surface area contributed by atoms with Crippen LogP contribution < -0.4 is 24.4 Å². The van der Waals surface area contributed by atoms with Crippen molar-refractivity contribution in [1.29, 1.82) is 0 Å². The summed E-state index contributed by atoms with van der Waals surface area (Å²) in [5.41, 5.74) is 1.97. The van der Waals surface area contributed by atoms with Crippen LogP contribution in [-0.2, 0) is 6.54 Å². The number of unbranched alkanes of at least 4 members (excludes halogenated alkanes) is 3. The van der Waals surface area contributed by atoms with Crippen molar-refractivity contribution < 1.29 is 28.2 Å². The van der Waals surface area contributed by atoms with Gasteiger partial charge in [-0.3, -0.25) is 9.59 Å². The number of hydrogen-bond acceptors (Lipinski definition) is 7. The normalized spacial score (nSPS) is 15.4. The average Bonchev–Trinajstić information content (AvgIpc) is 3.56. The van der Waals surface area contributed by atoms with E-state index in [9.17, 15) is 9.59 Å². The number of halogens is 1. The second kappa shape index (κ2) is 11.5. The standard InChI is InChI=1S/C32H30BrNO7/c1-3-4-5-6-13-38-24-11-8-20(15-26(24)37-2)29-28-30(35)22-16-21(33)9-12-23(22)41-31(28)32(36)34(29)17-19-7-10-25-27(14-19)40-18-39-25/h7-12,14-16,29H,3-6,13,17-18H2,1-2H3.